The number of unbranched alkanes of at least 4 members (excludes halogenated alkanes) is 32. The summed E-state index contributed by atoms with van der Waals surface area (Å²) in [6.45, 7) is 4.90. The average molecular weight is 778 g/mol. The van der Waals surface area contributed by atoms with Crippen molar-refractivity contribution in [1.82, 2.24) is 5.32 Å². The first-order valence-corrected chi connectivity index (χ1v) is 24.4. The van der Waals surface area contributed by atoms with Crippen LogP contribution in [0.5, 0.6) is 0 Å². The Labute approximate surface area is 342 Å². The fraction of sp³-hybridized carbons (Fsp3) is 0.918. The first kappa shape index (κ1) is 53.6. The largest absolute Gasteiger partial charge is 0.466 e. The number of esters is 1. The van der Waals surface area contributed by atoms with Gasteiger partial charge in [-0.2, -0.15) is 0 Å². The number of aliphatic hydroxyl groups excluding tert-OH is 2. The molecule has 6 nitrogen and oxygen atoms in total. The molecular weight excluding hydrogens is 683 g/mol. The first-order chi connectivity index (χ1) is 27.0. The van der Waals surface area contributed by atoms with Gasteiger partial charge in [0.15, 0.2) is 0 Å². The number of aliphatic hydroxyl groups is 2. The molecule has 2 atom stereocenters. The fourth-order valence-corrected chi connectivity index (χ4v) is 7.51. The Bertz CT molecular complexity index is 817. The predicted octanol–water partition coefficient (Wildman–Crippen LogP) is 14.2. The molecule has 0 aromatic heterocycles. The molecule has 0 aromatic rings. The molecule has 0 aromatic carbocycles. The lowest BCUT2D eigenvalue weighted by molar-refractivity contribution is -0.143. The molecule has 0 aliphatic carbocycles. The fourth-order valence-electron chi connectivity index (χ4n) is 7.51. The van der Waals surface area contributed by atoms with Crippen molar-refractivity contribution in [3.05, 3.63) is 12.2 Å². The van der Waals surface area contributed by atoms with Crippen molar-refractivity contribution < 1.29 is 24.5 Å². The molecule has 0 rings (SSSR count). The maximum atomic E-state index is 12.4. The smallest absolute Gasteiger partial charge is 0.305 e. The Kier molecular flexibility index (Phi) is 44.2. The molecular formula is C49H95NO5. The van der Waals surface area contributed by atoms with Crippen LogP contribution in [0.1, 0.15) is 264 Å². The van der Waals surface area contributed by atoms with E-state index in [0.29, 0.717) is 25.9 Å². The van der Waals surface area contributed by atoms with Gasteiger partial charge in [-0.05, 0) is 51.4 Å². The van der Waals surface area contributed by atoms with Crippen molar-refractivity contribution in [3.63, 3.8) is 0 Å². The topological polar surface area (TPSA) is 95.9 Å². The predicted molar refractivity (Wildman–Crippen MR) is 237 cm³/mol. The van der Waals surface area contributed by atoms with Crippen LogP contribution in [0.15, 0.2) is 12.2 Å². The number of rotatable bonds is 45. The summed E-state index contributed by atoms with van der Waals surface area (Å²) in [5.74, 6) is -0.0544. The summed E-state index contributed by atoms with van der Waals surface area (Å²) < 4.78 is 5.44. The van der Waals surface area contributed by atoms with E-state index in [1.165, 1.54) is 180 Å². The van der Waals surface area contributed by atoms with Gasteiger partial charge in [0.1, 0.15) is 0 Å². The third-order valence-electron chi connectivity index (χ3n) is 11.3. The maximum absolute atomic E-state index is 12.4. The van der Waals surface area contributed by atoms with Crippen molar-refractivity contribution in [2.45, 2.75) is 276 Å². The lowest BCUT2D eigenvalue weighted by atomic mass is 10.0. The highest BCUT2D eigenvalue weighted by Gasteiger charge is 2.20. The first-order valence-electron chi connectivity index (χ1n) is 24.4. The third kappa shape index (κ3) is 42.0. The molecule has 0 aliphatic rings. The second kappa shape index (κ2) is 45.3. The third-order valence-corrected chi connectivity index (χ3v) is 11.3. The van der Waals surface area contributed by atoms with Gasteiger partial charge in [-0.3, -0.25) is 9.59 Å². The number of nitrogens with one attached hydrogen (secondary N) is 1. The molecule has 0 saturated heterocycles. The molecule has 55 heavy (non-hydrogen) atoms. The van der Waals surface area contributed by atoms with Crippen LogP contribution in [0.25, 0.3) is 0 Å². The zero-order valence-electron chi connectivity index (χ0n) is 36.9. The van der Waals surface area contributed by atoms with E-state index in [1.54, 1.807) is 0 Å². The summed E-state index contributed by atoms with van der Waals surface area (Å²) in [7, 11) is 0. The Balaban J connectivity index is 3.43. The molecule has 6 heteroatoms. The molecule has 3 N–H and O–H groups in total. The van der Waals surface area contributed by atoms with Gasteiger partial charge in [-0.25, -0.2) is 0 Å². The Morgan fingerprint density at radius 2 is 0.855 bits per heavy atom. The SMILES string of the molecule is CCCCC/C=C\CCCCCCCC(=O)OCCCCCCCCCCCCCCCCCC(=O)NC(CO)C(O)CCCCCCCCCCCCC. The summed E-state index contributed by atoms with van der Waals surface area (Å²) in [6.07, 6.45) is 50.3. The van der Waals surface area contributed by atoms with E-state index >= 15 is 0 Å². The quantitative estimate of drug-likeness (QED) is 0.0325. The van der Waals surface area contributed by atoms with Crippen LogP contribution in [-0.4, -0.2) is 47.4 Å². The van der Waals surface area contributed by atoms with E-state index in [4.69, 9.17) is 4.74 Å². The van der Waals surface area contributed by atoms with Crippen molar-refractivity contribution in [1.29, 1.82) is 0 Å². The van der Waals surface area contributed by atoms with Crippen LogP contribution < -0.4 is 5.32 Å². The number of amides is 1. The van der Waals surface area contributed by atoms with Gasteiger partial charge >= 0.3 is 5.97 Å². The van der Waals surface area contributed by atoms with E-state index < -0.39 is 12.1 Å². The van der Waals surface area contributed by atoms with Crippen LogP contribution in [0.4, 0.5) is 0 Å². The van der Waals surface area contributed by atoms with Crippen LogP contribution in [0.3, 0.4) is 0 Å². The molecule has 0 fully saturated rings. The van der Waals surface area contributed by atoms with Gasteiger partial charge in [0.2, 0.25) is 5.91 Å². The van der Waals surface area contributed by atoms with Crippen LogP contribution in [0.2, 0.25) is 0 Å². The van der Waals surface area contributed by atoms with E-state index in [0.717, 1.165) is 51.4 Å². The number of allylic oxidation sites excluding steroid dienone is 2. The second-order valence-corrected chi connectivity index (χ2v) is 16.8. The Hall–Kier alpha value is -1.40. The number of carbonyl (C=O) groups excluding carboxylic acids is 2. The highest BCUT2D eigenvalue weighted by atomic mass is 16.5. The number of ether oxygens (including phenoxy) is 1. The van der Waals surface area contributed by atoms with E-state index in [9.17, 15) is 19.8 Å². The Morgan fingerprint density at radius 1 is 0.491 bits per heavy atom. The summed E-state index contributed by atoms with van der Waals surface area (Å²) in [5.41, 5.74) is 0. The van der Waals surface area contributed by atoms with Crippen molar-refractivity contribution in [3.8, 4) is 0 Å². The van der Waals surface area contributed by atoms with Gasteiger partial charge in [0, 0.05) is 12.8 Å². The van der Waals surface area contributed by atoms with E-state index in [-0.39, 0.29) is 18.5 Å². The molecule has 0 radical (unpaired) electrons. The minimum absolute atomic E-state index is 0.00963. The van der Waals surface area contributed by atoms with Crippen LogP contribution in [-0.2, 0) is 14.3 Å². The molecule has 326 valence electrons. The molecule has 0 heterocycles. The zero-order chi connectivity index (χ0) is 40.1. The minimum Gasteiger partial charge on any atom is -0.466 e. The summed E-state index contributed by atoms with van der Waals surface area (Å²) >= 11 is 0. The van der Waals surface area contributed by atoms with Crippen LogP contribution >= 0.6 is 0 Å². The number of hydrogen-bond acceptors (Lipinski definition) is 5. The van der Waals surface area contributed by atoms with E-state index in [2.05, 4.69) is 31.3 Å². The molecule has 1 amide bonds. The lowest BCUT2D eigenvalue weighted by Gasteiger charge is -2.22. The molecule has 2 unspecified atom stereocenters. The summed E-state index contributed by atoms with van der Waals surface area (Å²) in [4.78, 5) is 24.4. The average Bonchev–Trinajstić information content (AvgIpc) is 3.18. The van der Waals surface area contributed by atoms with E-state index in [1.807, 2.05) is 0 Å². The monoisotopic (exact) mass is 778 g/mol. The number of carbonyl (C=O) groups is 2. The van der Waals surface area contributed by atoms with Gasteiger partial charge in [-0.1, -0.05) is 212 Å². The Morgan fingerprint density at radius 3 is 1.33 bits per heavy atom. The van der Waals surface area contributed by atoms with Gasteiger partial charge in [0.25, 0.3) is 0 Å². The standard InChI is InChI=1S/C49H95NO5/c1-3-5-7-9-11-13-15-23-27-31-35-39-43-49(54)55-44-40-36-32-28-24-20-18-16-17-19-22-26-30-34-38-42-48(53)50-46(45-51)47(52)41-37-33-29-25-21-14-12-10-8-6-4-2/h11,13,46-47,51-52H,3-10,12,14-45H2,1-2H3,(H,50,53)/b13-11-. The van der Waals surface area contributed by atoms with Gasteiger partial charge in [-0.15, -0.1) is 0 Å². The van der Waals surface area contributed by atoms with Gasteiger partial charge < -0.3 is 20.3 Å². The highest BCUT2D eigenvalue weighted by molar-refractivity contribution is 5.76. The van der Waals surface area contributed by atoms with Crippen molar-refractivity contribution >= 4 is 11.9 Å². The zero-order valence-corrected chi connectivity index (χ0v) is 36.9. The second-order valence-electron chi connectivity index (χ2n) is 16.8. The summed E-state index contributed by atoms with van der Waals surface area (Å²) in [5, 5.41) is 23.1. The van der Waals surface area contributed by atoms with Crippen molar-refractivity contribution in [2.24, 2.45) is 0 Å². The summed E-state index contributed by atoms with van der Waals surface area (Å²) in [6, 6.07) is -0.545. The normalized spacial score (nSPS) is 12.7. The highest BCUT2D eigenvalue weighted by Crippen LogP contribution is 2.16. The molecule has 0 aliphatic heterocycles. The lowest BCUT2D eigenvalue weighted by Crippen LogP contribution is -2.45. The molecule has 0 spiro atoms. The minimum atomic E-state index is -0.667. The molecule has 0 saturated carbocycles. The molecule has 0 bridgehead atoms. The maximum Gasteiger partial charge on any atom is 0.305 e. The van der Waals surface area contributed by atoms with Crippen LogP contribution in [0, 0.1) is 0 Å². The van der Waals surface area contributed by atoms with Crippen molar-refractivity contribution in [2.75, 3.05) is 13.2 Å². The number of hydrogen-bond donors (Lipinski definition) is 3. The van der Waals surface area contributed by atoms with Gasteiger partial charge in [0.05, 0.1) is 25.4 Å².